The van der Waals surface area contributed by atoms with Crippen molar-refractivity contribution >= 4 is 34.2 Å². The number of hydrogen-bond acceptors (Lipinski definition) is 0. The average Bonchev–Trinajstić information content (AvgIpc) is 0.722. The number of alkyl halides is 3. The van der Waals surface area contributed by atoms with Crippen LogP contribution in [0.4, 0.5) is 4.39 Å². The maximum Gasteiger partial charge on any atom is 0.233 e. The Labute approximate surface area is 48.8 Å². The molecular formula is C2H2ClFI. The summed E-state index contributed by atoms with van der Waals surface area (Å²) in [5.41, 5.74) is 0. The Balaban J connectivity index is 3.02. The third-order valence-corrected chi connectivity index (χ3v) is 0. The fourth-order valence-electron chi connectivity index (χ4n) is 0. The predicted octanol–water partition coefficient (Wildman–Crippen LogP) is 2.12. The molecule has 1 unspecified atom stereocenters. The first-order valence-electron chi connectivity index (χ1n) is 0.921. The van der Waals surface area contributed by atoms with E-state index in [-0.39, 0.29) is 0 Å². The van der Waals surface area contributed by atoms with Crippen molar-refractivity contribution in [1.82, 2.24) is 0 Å². The van der Waals surface area contributed by atoms with Crippen molar-refractivity contribution in [2.24, 2.45) is 0 Å². The SMILES string of the molecule is [CH2]C(F)(Cl)I. The van der Waals surface area contributed by atoms with E-state index in [0.29, 0.717) is 0 Å². The molecule has 3 heteroatoms. The van der Waals surface area contributed by atoms with Crippen LogP contribution in [0, 0.1) is 6.92 Å². The first-order valence-corrected chi connectivity index (χ1v) is 2.38. The van der Waals surface area contributed by atoms with Gasteiger partial charge >= 0.3 is 0 Å². The lowest BCUT2D eigenvalue weighted by Crippen LogP contribution is -1.89. The zero-order valence-electron chi connectivity index (χ0n) is 2.34. The Kier molecular flexibility index (Phi) is 1.90. The van der Waals surface area contributed by atoms with Crippen LogP contribution in [0.1, 0.15) is 0 Å². The predicted molar refractivity (Wildman–Crippen MR) is 29.1 cm³/mol. The van der Waals surface area contributed by atoms with E-state index in [9.17, 15) is 4.39 Å². The van der Waals surface area contributed by atoms with Crippen molar-refractivity contribution in [3.05, 3.63) is 6.92 Å². The monoisotopic (exact) mass is 207 g/mol. The van der Waals surface area contributed by atoms with E-state index < -0.39 is 3.13 Å². The van der Waals surface area contributed by atoms with Gasteiger partial charge in [0.15, 0.2) is 0 Å². The summed E-state index contributed by atoms with van der Waals surface area (Å²) < 4.78 is 9.52. The number of rotatable bonds is 0. The summed E-state index contributed by atoms with van der Waals surface area (Å²) in [7, 11) is 0. The smallest absolute Gasteiger partial charge is 0.215 e. The molecule has 0 spiro atoms. The van der Waals surface area contributed by atoms with Gasteiger partial charge in [0.25, 0.3) is 0 Å². The second kappa shape index (κ2) is 1.60. The Morgan fingerprint density at radius 2 is 2.00 bits per heavy atom. The van der Waals surface area contributed by atoms with Gasteiger partial charge in [-0.15, -0.1) is 0 Å². The lowest BCUT2D eigenvalue weighted by Gasteiger charge is -1.93. The maximum atomic E-state index is 11.3. The molecule has 0 N–H and O–H groups in total. The van der Waals surface area contributed by atoms with Gasteiger partial charge in [0.2, 0.25) is 3.13 Å². The van der Waals surface area contributed by atoms with Crippen LogP contribution in [0.25, 0.3) is 0 Å². The largest absolute Gasteiger partial charge is 0.233 e. The molecule has 0 amide bonds. The molecule has 0 aromatic carbocycles. The topological polar surface area (TPSA) is 0 Å². The fourth-order valence-corrected chi connectivity index (χ4v) is 0. The third-order valence-electron chi connectivity index (χ3n) is 0. The molecule has 0 aliphatic rings. The highest BCUT2D eigenvalue weighted by molar-refractivity contribution is 14.1. The highest BCUT2D eigenvalue weighted by atomic mass is 127. The third kappa shape index (κ3) is 47.7. The summed E-state index contributed by atoms with van der Waals surface area (Å²) >= 11 is 6.10. The quantitative estimate of drug-likeness (QED) is 0.422. The molecule has 31 valence electrons. The van der Waals surface area contributed by atoms with Gasteiger partial charge in [-0.05, 0) is 22.6 Å². The van der Waals surface area contributed by atoms with Crippen molar-refractivity contribution in [1.29, 1.82) is 0 Å². The van der Waals surface area contributed by atoms with Crippen molar-refractivity contribution < 1.29 is 4.39 Å². The summed E-state index contributed by atoms with van der Waals surface area (Å²) in [6.45, 7) is 2.86. The van der Waals surface area contributed by atoms with Gasteiger partial charge in [0.1, 0.15) is 0 Å². The Hall–Kier alpha value is 0.950. The normalized spacial score (nSPS) is 21.6. The zero-order chi connectivity index (χ0) is 4.50. The molecule has 0 aliphatic heterocycles. The minimum absolute atomic E-state index is 1.37. The molecule has 1 radical (unpaired) electrons. The highest BCUT2D eigenvalue weighted by Crippen LogP contribution is 2.22. The summed E-state index contributed by atoms with van der Waals surface area (Å²) in [5.74, 6) is 0. The molecule has 0 bridgehead atoms. The van der Waals surface area contributed by atoms with Crippen molar-refractivity contribution in [2.45, 2.75) is 3.13 Å². The van der Waals surface area contributed by atoms with E-state index in [4.69, 9.17) is 11.6 Å². The summed E-state index contributed by atoms with van der Waals surface area (Å²) in [5, 5.41) is 0. The fraction of sp³-hybridized carbons (Fsp3) is 0.500. The van der Waals surface area contributed by atoms with Gasteiger partial charge in [-0.25, -0.2) is 4.39 Å². The molecular weight excluding hydrogens is 205 g/mol. The summed E-state index contributed by atoms with van der Waals surface area (Å²) in [6, 6.07) is 0. The molecule has 0 fully saturated rings. The second-order valence-corrected chi connectivity index (χ2v) is 3.56. The van der Waals surface area contributed by atoms with Crippen molar-refractivity contribution in [2.75, 3.05) is 0 Å². The first kappa shape index (κ1) is 5.95. The second-order valence-electron chi connectivity index (χ2n) is 0.615. The van der Waals surface area contributed by atoms with Crippen LogP contribution >= 0.6 is 34.2 Å². The van der Waals surface area contributed by atoms with E-state index >= 15 is 0 Å². The van der Waals surface area contributed by atoms with Crippen LogP contribution in [0.15, 0.2) is 0 Å². The van der Waals surface area contributed by atoms with Gasteiger partial charge in [-0.2, -0.15) is 0 Å². The van der Waals surface area contributed by atoms with E-state index in [2.05, 4.69) is 6.92 Å². The number of halogens is 3. The van der Waals surface area contributed by atoms with Crippen LogP contribution in [-0.4, -0.2) is 3.13 Å². The Morgan fingerprint density at radius 1 is 2.00 bits per heavy atom. The van der Waals surface area contributed by atoms with Crippen molar-refractivity contribution in [3.8, 4) is 0 Å². The molecule has 0 aliphatic carbocycles. The standard InChI is InChI=1S/C2H2ClFI/c1-2(3,4)5/h1H2. The van der Waals surface area contributed by atoms with Gasteiger partial charge < -0.3 is 0 Å². The van der Waals surface area contributed by atoms with Crippen molar-refractivity contribution in [3.63, 3.8) is 0 Å². The molecule has 0 aromatic heterocycles. The molecule has 0 saturated carbocycles. The lowest BCUT2D eigenvalue weighted by molar-refractivity contribution is 0.490. The molecule has 0 rings (SSSR count). The minimum atomic E-state index is -1.81. The zero-order valence-corrected chi connectivity index (χ0v) is 5.25. The van der Waals surface area contributed by atoms with Crippen LogP contribution in [0.5, 0.6) is 0 Å². The first-order chi connectivity index (χ1) is 2.00. The van der Waals surface area contributed by atoms with E-state index in [0.717, 1.165) is 0 Å². The minimum Gasteiger partial charge on any atom is -0.215 e. The molecule has 0 nitrogen and oxygen atoms in total. The van der Waals surface area contributed by atoms with Crippen LogP contribution < -0.4 is 0 Å². The average molecular weight is 207 g/mol. The summed E-state index contributed by atoms with van der Waals surface area (Å²) in [4.78, 5) is 0. The Morgan fingerprint density at radius 3 is 2.00 bits per heavy atom. The molecule has 1 atom stereocenters. The van der Waals surface area contributed by atoms with Gasteiger partial charge in [-0.3, -0.25) is 0 Å². The van der Waals surface area contributed by atoms with E-state index in [1.807, 2.05) is 0 Å². The van der Waals surface area contributed by atoms with E-state index in [1.165, 1.54) is 22.6 Å². The highest BCUT2D eigenvalue weighted by Gasteiger charge is 2.09. The summed E-state index contributed by atoms with van der Waals surface area (Å²) in [6.07, 6.45) is 0. The molecule has 0 aromatic rings. The van der Waals surface area contributed by atoms with E-state index in [1.54, 1.807) is 0 Å². The van der Waals surface area contributed by atoms with Gasteiger partial charge in [0, 0.05) is 6.92 Å². The van der Waals surface area contributed by atoms with Gasteiger partial charge in [-0.1, -0.05) is 11.6 Å². The van der Waals surface area contributed by atoms with Crippen LogP contribution in [0.3, 0.4) is 0 Å². The molecule has 5 heavy (non-hydrogen) atoms. The van der Waals surface area contributed by atoms with Gasteiger partial charge in [0.05, 0.1) is 0 Å². The maximum absolute atomic E-state index is 11.3. The number of hydrogen-bond donors (Lipinski definition) is 0. The van der Waals surface area contributed by atoms with Crippen LogP contribution in [-0.2, 0) is 0 Å². The van der Waals surface area contributed by atoms with Crippen LogP contribution in [0.2, 0.25) is 0 Å². The molecule has 0 saturated heterocycles. The Bertz CT molecular complexity index is 25.1. The lowest BCUT2D eigenvalue weighted by atomic mass is 10.9. The molecule has 0 heterocycles.